The number of hydrogen-bond donors (Lipinski definition) is 0. The van der Waals surface area contributed by atoms with Gasteiger partial charge in [0.05, 0.1) is 4.47 Å². The highest BCUT2D eigenvalue weighted by Gasteiger charge is 2.11. The molecule has 2 rings (SSSR count). The minimum absolute atomic E-state index is 0.567. The van der Waals surface area contributed by atoms with Crippen molar-refractivity contribution < 1.29 is 4.42 Å². The first kappa shape index (κ1) is 11.6. The summed E-state index contributed by atoms with van der Waals surface area (Å²) in [6.07, 6.45) is 1.91. The minimum Gasteiger partial charge on any atom is -0.439 e. The Bertz CT molecular complexity index is 502. The van der Waals surface area contributed by atoms with Crippen molar-refractivity contribution in [3.63, 3.8) is 0 Å². The zero-order chi connectivity index (χ0) is 11.7. The molecule has 0 spiro atoms. The lowest BCUT2D eigenvalue weighted by Gasteiger charge is -1.97. The number of oxazole rings is 1. The molecule has 0 fully saturated rings. The Labute approximate surface area is 104 Å². The molecule has 0 radical (unpaired) electrons. The van der Waals surface area contributed by atoms with Gasteiger partial charge in [0, 0.05) is 6.42 Å². The summed E-state index contributed by atoms with van der Waals surface area (Å²) in [5.41, 5.74) is 3.11. The second-order valence-corrected chi connectivity index (χ2v) is 5.34. The summed E-state index contributed by atoms with van der Waals surface area (Å²) in [4.78, 5) is 4.53. The average molecular weight is 282 g/mol. The highest BCUT2D eigenvalue weighted by molar-refractivity contribution is 9.10. The summed E-state index contributed by atoms with van der Waals surface area (Å²) in [7, 11) is 0. The minimum atomic E-state index is 0.567. The standard InChI is InChI=1S/C13H16BrNO/c1-4-9-6-10(14)13-11(7-9)15-12(16-13)5-8(2)3/h6-8H,4-5H2,1-3H3. The van der Waals surface area contributed by atoms with Crippen molar-refractivity contribution >= 4 is 27.0 Å². The molecule has 0 unspecified atom stereocenters. The predicted molar refractivity (Wildman–Crippen MR) is 69.6 cm³/mol. The van der Waals surface area contributed by atoms with E-state index in [1.54, 1.807) is 0 Å². The fourth-order valence-electron chi connectivity index (χ4n) is 1.73. The molecule has 0 aliphatic carbocycles. The topological polar surface area (TPSA) is 26.0 Å². The van der Waals surface area contributed by atoms with Crippen LogP contribution in [-0.2, 0) is 12.8 Å². The number of fused-ring (bicyclic) bond motifs is 1. The highest BCUT2D eigenvalue weighted by atomic mass is 79.9. The van der Waals surface area contributed by atoms with Gasteiger partial charge in [-0.05, 0) is 46.0 Å². The van der Waals surface area contributed by atoms with Gasteiger partial charge in [-0.3, -0.25) is 0 Å². The SMILES string of the molecule is CCc1cc(Br)c2oc(CC(C)C)nc2c1. The molecule has 0 amide bonds. The van der Waals surface area contributed by atoms with Gasteiger partial charge in [0.1, 0.15) is 5.52 Å². The van der Waals surface area contributed by atoms with Crippen molar-refractivity contribution in [1.29, 1.82) is 0 Å². The lowest BCUT2D eigenvalue weighted by Crippen LogP contribution is -1.93. The van der Waals surface area contributed by atoms with E-state index in [0.29, 0.717) is 5.92 Å². The van der Waals surface area contributed by atoms with Crippen LogP contribution in [0.5, 0.6) is 0 Å². The number of aryl methyl sites for hydroxylation is 1. The molecule has 3 heteroatoms. The first-order valence-corrected chi connectivity index (χ1v) is 6.47. The van der Waals surface area contributed by atoms with Gasteiger partial charge in [-0.25, -0.2) is 4.98 Å². The Hall–Kier alpha value is -0.830. The van der Waals surface area contributed by atoms with Gasteiger partial charge in [0.25, 0.3) is 0 Å². The van der Waals surface area contributed by atoms with E-state index in [9.17, 15) is 0 Å². The molecule has 0 saturated heterocycles. The predicted octanol–water partition coefficient (Wildman–Crippen LogP) is 4.35. The molecule has 1 aromatic carbocycles. The number of halogens is 1. The molecule has 1 heterocycles. The third-order valence-electron chi connectivity index (χ3n) is 2.54. The second kappa shape index (κ2) is 4.58. The summed E-state index contributed by atoms with van der Waals surface area (Å²) in [6.45, 7) is 6.48. The molecule has 0 bridgehead atoms. The largest absolute Gasteiger partial charge is 0.439 e. The van der Waals surface area contributed by atoms with Crippen LogP contribution in [0.4, 0.5) is 0 Å². The van der Waals surface area contributed by atoms with Crippen LogP contribution in [0, 0.1) is 5.92 Å². The Morgan fingerprint density at radius 2 is 2.12 bits per heavy atom. The smallest absolute Gasteiger partial charge is 0.195 e. The number of aromatic nitrogens is 1. The molecule has 0 atom stereocenters. The van der Waals surface area contributed by atoms with E-state index in [1.807, 2.05) is 0 Å². The molecule has 2 nitrogen and oxygen atoms in total. The Kier molecular flexibility index (Phi) is 3.33. The number of nitrogens with zero attached hydrogens (tertiary/aromatic N) is 1. The monoisotopic (exact) mass is 281 g/mol. The zero-order valence-corrected chi connectivity index (χ0v) is 11.5. The van der Waals surface area contributed by atoms with E-state index in [0.717, 1.165) is 34.3 Å². The second-order valence-electron chi connectivity index (χ2n) is 4.49. The summed E-state index contributed by atoms with van der Waals surface area (Å²) < 4.78 is 6.76. The first-order valence-electron chi connectivity index (χ1n) is 5.68. The normalized spacial score (nSPS) is 11.6. The van der Waals surface area contributed by atoms with Gasteiger partial charge in [0.2, 0.25) is 0 Å². The quantitative estimate of drug-likeness (QED) is 0.836. The van der Waals surface area contributed by atoms with Crippen LogP contribution in [0.25, 0.3) is 11.1 Å². The van der Waals surface area contributed by atoms with Crippen LogP contribution in [0.2, 0.25) is 0 Å². The van der Waals surface area contributed by atoms with E-state index in [2.05, 4.69) is 53.8 Å². The molecule has 1 aromatic heterocycles. The van der Waals surface area contributed by atoms with Gasteiger partial charge in [-0.15, -0.1) is 0 Å². The lowest BCUT2D eigenvalue weighted by atomic mass is 10.1. The molecule has 16 heavy (non-hydrogen) atoms. The maximum Gasteiger partial charge on any atom is 0.195 e. The Morgan fingerprint density at radius 3 is 2.75 bits per heavy atom. The molecular formula is C13H16BrNO. The maximum absolute atomic E-state index is 5.75. The van der Waals surface area contributed by atoms with Crippen LogP contribution in [0.1, 0.15) is 32.2 Å². The average Bonchev–Trinajstić information content (AvgIpc) is 2.59. The van der Waals surface area contributed by atoms with Crippen molar-refractivity contribution in [2.45, 2.75) is 33.6 Å². The van der Waals surface area contributed by atoms with Crippen LogP contribution in [0.15, 0.2) is 21.0 Å². The number of hydrogen-bond acceptors (Lipinski definition) is 2. The van der Waals surface area contributed by atoms with E-state index in [-0.39, 0.29) is 0 Å². The van der Waals surface area contributed by atoms with E-state index < -0.39 is 0 Å². The fourth-order valence-corrected chi connectivity index (χ4v) is 2.31. The van der Waals surface area contributed by atoms with Gasteiger partial charge >= 0.3 is 0 Å². The van der Waals surface area contributed by atoms with Gasteiger partial charge in [0.15, 0.2) is 11.5 Å². The fraction of sp³-hybridized carbons (Fsp3) is 0.462. The summed E-state index contributed by atoms with van der Waals surface area (Å²) >= 11 is 3.53. The summed E-state index contributed by atoms with van der Waals surface area (Å²) in [5, 5.41) is 0. The Morgan fingerprint density at radius 1 is 1.38 bits per heavy atom. The molecule has 0 aliphatic heterocycles. The van der Waals surface area contributed by atoms with E-state index in [4.69, 9.17) is 4.42 Å². The van der Waals surface area contributed by atoms with E-state index >= 15 is 0 Å². The van der Waals surface area contributed by atoms with Crippen LogP contribution in [-0.4, -0.2) is 4.98 Å². The first-order chi connectivity index (χ1) is 7.60. The van der Waals surface area contributed by atoms with Crippen molar-refractivity contribution in [2.75, 3.05) is 0 Å². The molecule has 2 aromatic rings. The summed E-state index contributed by atoms with van der Waals surface area (Å²) in [6, 6.07) is 4.21. The highest BCUT2D eigenvalue weighted by Crippen LogP contribution is 2.27. The van der Waals surface area contributed by atoms with Crippen LogP contribution < -0.4 is 0 Å². The van der Waals surface area contributed by atoms with Gasteiger partial charge in [-0.1, -0.05) is 20.8 Å². The number of rotatable bonds is 3. The maximum atomic E-state index is 5.75. The van der Waals surface area contributed by atoms with Crippen LogP contribution in [0.3, 0.4) is 0 Å². The van der Waals surface area contributed by atoms with Crippen molar-refractivity contribution in [3.8, 4) is 0 Å². The molecule has 0 aliphatic rings. The van der Waals surface area contributed by atoms with Crippen molar-refractivity contribution in [3.05, 3.63) is 28.1 Å². The molecule has 86 valence electrons. The van der Waals surface area contributed by atoms with Crippen molar-refractivity contribution in [1.82, 2.24) is 4.98 Å². The third kappa shape index (κ3) is 2.29. The van der Waals surface area contributed by atoms with Gasteiger partial charge < -0.3 is 4.42 Å². The molecule has 0 saturated carbocycles. The molecule has 0 N–H and O–H groups in total. The van der Waals surface area contributed by atoms with Crippen molar-refractivity contribution in [2.24, 2.45) is 5.92 Å². The Balaban J connectivity index is 2.48. The lowest BCUT2D eigenvalue weighted by molar-refractivity contribution is 0.481. The zero-order valence-electron chi connectivity index (χ0n) is 9.88. The molecular weight excluding hydrogens is 266 g/mol. The number of benzene rings is 1. The van der Waals surface area contributed by atoms with Gasteiger partial charge in [-0.2, -0.15) is 0 Å². The van der Waals surface area contributed by atoms with E-state index in [1.165, 1.54) is 5.56 Å². The van der Waals surface area contributed by atoms with Crippen LogP contribution >= 0.6 is 15.9 Å². The third-order valence-corrected chi connectivity index (χ3v) is 3.13. The summed E-state index contributed by atoms with van der Waals surface area (Å²) in [5.74, 6) is 1.40.